The van der Waals surface area contributed by atoms with E-state index in [-0.39, 0.29) is 6.04 Å². The summed E-state index contributed by atoms with van der Waals surface area (Å²) in [6.07, 6.45) is 8.30. The van der Waals surface area contributed by atoms with E-state index in [1.54, 1.807) is 31.3 Å². The number of rotatable bonds is 7. The van der Waals surface area contributed by atoms with Gasteiger partial charge in [-0.1, -0.05) is 0 Å². The van der Waals surface area contributed by atoms with Crippen LogP contribution < -0.4 is 11.1 Å². The lowest BCUT2D eigenvalue weighted by molar-refractivity contribution is 0.241. The van der Waals surface area contributed by atoms with E-state index >= 15 is 0 Å². The molecule has 1 heterocycles. The fourth-order valence-corrected chi connectivity index (χ4v) is 5.36. The topological polar surface area (TPSA) is 88.3 Å². The molecule has 0 aliphatic heterocycles. The average molecular weight is 403 g/mol. The van der Waals surface area contributed by atoms with Crippen molar-refractivity contribution in [3.63, 3.8) is 0 Å². The largest absolute Gasteiger partial charge is 0.399 e. The minimum Gasteiger partial charge on any atom is -0.399 e. The van der Waals surface area contributed by atoms with Crippen molar-refractivity contribution in [2.45, 2.75) is 62.0 Å². The molecule has 1 atom stereocenters. The SMILES string of the molecule is CC(Cc1ccncc1)NC1CCC(N(C)S(=O)(=O)c2ccc(N)cc2)CC1. The number of nitrogens with zero attached hydrogens (tertiary/aromatic N) is 2. The molecular weight excluding hydrogens is 372 g/mol. The van der Waals surface area contributed by atoms with E-state index in [2.05, 4.69) is 17.2 Å². The molecule has 1 aliphatic rings. The zero-order valence-corrected chi connectivity index (χ0v) is 17.4. The maximum atomic E-state index is 12.9. The lowest BCUT2D eigenvalue weighted by Crippen LogP contribution is -2.45. The van der Waals surface area contributed by atoms with Crippen LogP contribution in [0.3, 0.4) is 0 Å². The Labute approximate surface area is 168 Å². The molecule has 6 nitrogen and oxygen atoms in total. The van der Waals surface area contributed by atoms with E-state index in [1.165, 1.54) is 9.87 Å². The molecule has 0 amide bonds. The van der Waals surface area contributed by atoms with Gasteiger partial charge in [0.2, 0.25) is 10.0 Å². The van der Waals surface area contributed by atoms with E-state index in [0.29, 0.717) is 22.7 Å². The third kappa shape index (κ3) is 5.10. The van der Waals surface area contributed by atoms with Gasteiger partial charge in [0.1, 0.15) is 0 Å². The normalized spacial score (nSPS) is 21.5. The predicted octanol–water partition coefficient (Wildman–Crippen LogP) is 2.82. The van der Waals surface area contributed by atoms with Gasteiger partial charge in [0.15, 0.2) is 0 Å². The number of benzene rings is 1. The van der Waals surface area contributed by atoms with Gasteiger partial charge in [-0.05, 0) is 81.0 Å². The first-order valence-corrected chi connectivity index (χ1v) is 11.3. The van der Waals surface area contributed by atoms with Crippen LogP contribution in [-0.2, 0) is 16.4 Å². The van der Waals surface area contributed by atoms with Gasteiger partial charge in [0, 0.05) is 43.3 Å². The molecule has 0 bridgehead atoms. The first-order valence-electron chi connectivity index (χ1n) is 9.85. The predicted molar refractivity (Wildman–Crippen MR) is 112 cm³/mol. The minimum atomic E-state index is -3.49. The molecule has 0 radical (unpaired) electrons. The molecule has 1 unspecified atom stereocenters. The molecule has 0 saturated heterocycles. The van der Waals surface area contributed by atoms with Crippen LogP contribution in [0.2, 0.25) is 0 Å². The van der Waals surface area contributed by atoms with Crippen LogP contribution >= 0.6 is 0 Å². The van der Waals surface area contributed by atoms with Crippen LogP contribution in [0.1, 0.15) is 38.2 Å². The second kappa shape index (κ2) is 9.03. The Morgan fingerprint density at radius 1 is 1.11 bits per heavy atom. The van der Waals surface area contributed by atoms with Crippen LogP contribution in [0.15, 0.2) is 53.7 Å². The van der Waals surface area contributed by atoms with Gasteiger partial charge in [0.25, 0.3) is 0 Å². The summed E-state index contributed by atoms with van der Waals surface area (Å²) in [5.74, 6) is 0. The minimum absolute atomic E-state index is 0.0381. The number of hydrogen-bond acceptors (Lipinski definition) is 5. The maximum Gasteiger partial charge on any atom is 0.243 e. The standard InChI is InChI=1S/C21H30N4O2S/c1-16(15-17-11-13-23-14-12-17)24-19-5-7-20(8-6-19)25(2)28(26,27)21-9-3-18(22)4-10-21/h3-4,9-14,16,19-20,24H,5-8,15,22H2,1-2H3. The van der Waals surface area contributed by atoms with Crippen molar-refractivity contribution < 1.29 is 8.42 Å². The van der Waals surface area contributed by atoms with E-state index in [1.807, 2.05) is 24.5 Å². The Balaban J connectivity index is 1.52. The van der Waals surface area contributed by atoms with Gasteiger partial charge in [-0.3, -0.25) is 4.98 Å². The van der Waals surface area contributed by atoms with Crippen molar-refractivity contribution in [3.05, 3.63) is 54.4 Å². The smallest absolute Gasteiger partial charge is 0.243 e. The van der Waals surface area contributed by atoms with Crippen LogP contribution in [-0.4, -0.2) is 42.9 Å². The molecule has 1 aromatic carbocycles. The Morgan fingerprint density at radius 2 is 1.71 bits per heavy atom. The highest BCUT2D eigenvalue weighted by Crippen LogP contribution is 2.27. The Bertz CT molecular complexity index is 848. The molecule has 1 aromatic heterocycles. The van der Waals surface area contributed by atoms with Gasteiger partial charge in [0.05, 0.1) is 4.90 Å². The summed E-state index contributed by atoms with van der Waals surface area (Å²) in [4.78, 5) is 4.36. The Morgan fingerprint density at radius 3 is 2.32 bits per heavy atom. The van der Waals surface area contributed by atoms with Crippen molar-refractivity contribution >= 4 is 15.7 Å². The summed E-state index contributed by atoms with van der Waals surface area (Å²) in [6.45, 7) is 2.20. The van der Waals surface area contributed by atoms with Gasteiger partial charge in [-0.2, -0.15) is 4.31 Å². The fourth-order valence-electron chi connectivity index (χ4n) is 3.94. The number of nitrogens with two attached hydrogens (primary N) is 1. The third-order valence-electron chi connectivity index (χ3n) is 5.58. The van der Waals surface area contributed by atoms with Crippen molar-refractivity contribution in [2.75, 3.05) is 12.8 Å². The van der Waals surface area contributed by atoms with Crippen molar-refractivity contribution in [1.29, 1.82) is 0 Å². The molecule has 1 aliphatic carbocycles. The zero-order chi connectivity index (χ0) is 20.1. The van der Waals surface area contributed by atoms with Crippen molar-refractivity contribution in [3.8, 4) is 0 Å². The second-order valence-corrected chi connectivity index (χ2v) is 9.72. The van der Waals surface area contributed by atoms with E-state index in [4.69, 9.17) is 5.73 Å². The van der Waals surface area contributed by atoms with E-state index in [9.17, 15) is 8.42 Å². The van der Waals surface area contributed by atoms with Crippen LogP contribution in [0.25, 0.3) is 0 Å². The summed E-state index contributed by atoms with van der Waals surface area (Å²) in [7, 11) is -1.79. The van der Waals surface area contributed by atoms with E-state index in [0.717, 1.165) is 32.1 Å². The first kappa shape index (κ1) is 20.8. The maximum absolute atomic E-state index is 12.9. The number of nitrogen functional groups attached to an aromatic ring is 1. The van der Waals surface area contributed by atoms with Crippen molar-refractivity contribution in [2.24, 2.45) is 0 Å². The van der Waals surface area contributed by atoms with Crippen molar-refractivity contribution in [1.82, 2.24) is 14.6 Å². The molecule has 0 spiro atoms. The lowest BCUT2D eigenvalue weighted by atomic mass is 9.90. The van der Waals surface area contributed by atoms with Gasteiger partial charge >= 0.3 is 0 Å². The van der Waals surface area contributed by atoms with Crippen LogP contribution in [0.5, 0.6) is 0 Å². The monoisotopic (exact) mass is 402 g/mol. The zero-order valence-electron chi connectivity index (χ0n) is 16.6. The Kier molecular flexibility index (Phi) is 6.69. The summed E-state index contributed by atoms with van der Waals surface area (Å²) >= 11 is 0. The third-order valence-corrected chi connectivity index (χ3v) is 7.50. The molecule has 2 aromatic rings. The number of anilines is 1. The van der Waals surface area contributed by atoms with Gasteiger partial charge in [-0.25, -0.2) is 8.42 Å². The number of aromatic nitrogens is 1. The van der Waals surface area contributed by atoms with E-state index < -0.39 is 10.0 Å². The summed E-state index contributed by atoms with van der Waals surface area (Å²) < 4.78 is 27.3. The number of pyridine rings is 1. The molecule has 28 heavy (non-hydrogen) atoms. The van der Waals surface area contributed by atoms with Crippen LogP contribution in [0, 0.1) is 0 Å². The molecule has 1 saturated carbocycles. The highest BCUT2D eigenvalue weighted by Gasteiger charge is 2.31. The molecule has 7 heteroatoms. The summed E-state index contributed by atoms with van der Waals surface area (Å²) in [5, 5.41) is 3.70. The summed E-state index contributed by atoms with van der Waals surface area (Å²) in [6, 6.07) is 11.4. The highest BCUT2D eigenvalue weighted by molar-refractivity contribution is 7.89. The summed E-state index contributed by atoms with van der Waals surface area (Å²) in [5.41, 5.74) is 7.51. The lowest BCUT2D eigenvalue weighted by Gasteiger charge is -2.35. The number of nitrogens with one attached hydrogen (secondary N) is 1. The first-order chi connectivity index (χ1) is 13.4. The van der Waals surface area contributed by atoms with Gasteiger partial charge < -0.3 is 11.1 Å². The molecule has 152 valence electrons. The number of sulfonamides is 1. The van der Waals surface area contributed by atoms with Crippen LogP contribution in [0.4, 0.5) is 5.69 Å². The molecule has 3 rings (SSSR count). The highest BCUT2D eigenvalue weighted by atomic mass is 32.2. The molecule has 3 N–H and O–H groups in total. The second-order valence-electron chi connectivity index (χ2n) is 7.72. The quantitative estimate of drug-likeness (QED) is 0.695. The Hall–Kier alpha value is -1.96. The molecule has 1 fully saturated rings. The van der Waals surface area contributed by atoms with Gasteiger partial charge in [-0.15, -0.1) is 0 Å². The molecular formula is C21H30N4O2S. The average Bonchev–Trinajstić information content (AvgIpc) is 2.69. The fraction of sp³-hybridized carbons (Fsp3) is 0.476. The number of hydrogen-bond donors (Lipinski definition) is 2.